The Hall–Kier alpha value is -1.02. The van der Waals surface area contributed by atoms with E-state index >= 15 is 0 Å². The molecule has 2 heteroatoms. The van der Waals surface area contributed by atoms with Crippen LogP contribution < -0.4 is 4.74 Å². The number of benzene rings is 1. The maximum absolute atomic E-state index is 10.9. The van der Waals surface area contributed by atoms with E-state index in [-0.39, 0.29) is 0 Å². The molecule has 1 aliphatic carbocycles. The minimum Gasteiger partial charge on any atom is -0.494 e. The lowest BCUT2D eigenvalue weighted by Crippen LogP contribution is -2.24. The standard InChI is InChI=1S/C16H24O2/c1-3-18-15-8-4-7-14(12-15)16(17)10-5-6-13(2)9-11-16/h4,7-8,12-13,17H,3,5-6,9-11H2,1-2H3. The normalized spacial score (nSPS) is 28.7. The minimum atomic E-state index is -0.655. The Bertz CT molecular complexity index is 388. The van der Waals surface area contributed by atoms with Crippen molar-refractivity contribution in [2.45, 2.75) is 51.6 Å². The molecule has 0 bridgehead atoms. The second-order valence-corrected chi connectivity index (χ2v) is 5.53. The Balaban J connectivity index is 2.20. The molecule has 0 aliphatic heterocycles. The molecule has 2 rings (SSSR count). The summed E-state index contributed by atoms with van der Waals surface area (Å²) in [6.07, 6.45) is 5.18. The molecule has 0 heterocycles. The monoisotopic (exact) mass is 248 g/mol. The summed E-state index contributed by atoms with van der Waals surface area (Å²) in [5.41, 5.74) is 0.361. The Kier molecular flexibility index (Phi) is 4.28. The van der Waals surface area contributed by atoms with Crippen LogP contribution in [0.3, 0.4) is 0 Å². The predicted molar refractivity (Wildman–Crippen MR) is 73.8 cm³/mol. The molecule has 1 N–H and O–H groups in total. The van der Waals surface area contributed by atoms with Crippen molar-refractivity contribution in [2.24, 2.45) is 5.92 Å². The lowest BCUT2D eigenvalue weighted by Gasteiger charge is -2.27. The van der Waals surface area contributed by atoms with Gasteiger partial charge in [-0.2, -0.15) is 0 Å². The van der Waals surface area contributed by atoms with E-state index in [1.807, 2.05) is 31.2 Å². The zero-order valence-corrected chi connectivity index (χ0v) is 11.5. The largest absolute Gasteiger partial charge is 0.494 e. The molecule has 0 spiro atoms. The Morgan fingerprint density at radius 3 is 2.94 bits per heavy atom. The molecule has 1 aliphatic rings. The van der Waals surface area contributed by atoms with Gasteiger partial charge in [-0.3, -0.25) is 0 Å². The van der Waals surface area contributed by atoms with Gasteiger partial charge in [-0.05, 0) is 56.2 Å². The van der Waals surface area contributed by atoms with E-state index in [0.29, 0.717) is 6.61 Å². The van der Waals surface area contributed by atoms with Crippen LogP contribution in [0, 0.1) is 5.92 Å². The third-order valence-corrected chi connectivity index (χ3v) is 4.02. The van der Waals surface area contributed by atoms with E-state index in [2.05, 4.69) is 6.92 Å². The van der Waals surface area contributed by atoms with Crippen molar-refractivity contribution >= 4 is 0 Å². The first-order chi connectivity index (χ1) is 8.64. The first-order valence-electron chi connectivity index (χ1n) is 7.10. The lowest BCUT2D eigenvalue weighted by molar-refractivity contribution is 0.0196. The van der Waals surface area contributed by atoms with E-state index in [1.54, 1.807) is 0 Å². The molecule has 0 amide bonds. The Morgan fingerprint density at radius 2 is 2.17 bits per heavy atom. The van der Waals surface area contributed by atoms with Crippen LogP contribution in [0.1, 0.15) is 51.5 Å². The number of ether oxygens (including phenoxy) is 1. The van der Waals surface area contributed by atoms with Crippen molar-refractivity contribution in [3.8, 4) is 5.75 Å². The average molecular weight is 248 g/mol. The molecule has 1 aromatic carbocycles. The van der Waals surface area contributed by atoms with Crippen LogP contribution in [0.2, 0.25) is 0 Å². The molecule has 18 heavy (non-hydrogen) atoms. The first-order valence-corrected chi connectivity index (χ1v) is 7.10. The predicted octanol–water partition coefficient (Wildman–Crippen LogP) is 3.87. The average Bonchev–Trinajstić information content (AvgIpc) is 2.54. The van der Waals surface area contributed by atoms with Gasteiger partial charge in [-0.1, -0.05) is 25.5 Å². The van der Waals surface area contributed by atoms with Crippen LogP contribution in [0.25, 0.3) is 0 Å². The van der Waals surface area contributed by atoms with Gasteiger partial charge < -0.3 is 9.84 Å². The summed E-state index contributed by atoms with van der Waals surface area (Å²) < 4.78 is 5.52. The van der Waals surface area contributed by atoms with E-state index in [9.17, 15) is 5.11 Å². The van der Waals surface area contributed by atoms with E-state index in [1.165, 1.54) is 6.42 Å². The van der Waals surface area contributed by atoms with Crippen molar-refractivity contribution in [2.75, 3.05) is 6.61 Å². The third kappa shape index (κ3) is 3.05. The van der Waals surface area contributed by atoms with Crippen molar-refractivity contribution in [3.05, 3.63) is 29.8 Å². The van der Waals surface area contributed by atoms with Crippen molar-refractivity contribution < 1.29 is 9.84 Å². The smallest absolute Gasteiger partial charge is 0.119 e. The first kappa shape index (κ1) is 13.4. The summed E-state index contributed by atoms with van der Waals surface area (Å²) in [5, 5.41) is 10.9. The van der Waals surface area contributed by atoms with Gasteiger partial charge in [-0.25, -0.2) is 0 Å². The van der Waals surface area contributed by atoms with Crippen molar-refractivity contribution in [1.29, 1.82) is 0 Å². The molecule has 0 radical (unpaired) electrons. The fourth-order valence-corrected chi connectivity index (χ4v) is 2.83. The fourth-order valence-electron chi connectivity index (χ4n) is 2.83. The van der Waals surface area contributed by atoms with Gasteiger partial charge in [0.2, 0.25) is 0 Å². The zero-order valence-electron chi connectivity index (χ0n) is 11.5. The molecule has 100 valence electrons. The van der Waals surface area contributed by atoms with Gasteiger partial charge >= 0.3 is 0 Å². The summed E-state index contributed by atoms with van der Waals surface area (Å²) in [6.45, 7) is 4.93. The summed E-state index contributed by atoms with van der Waals surface area (Å²) in [4.78, 5) is 0. The molecule has 1 saturated carbocycles. The van der Waals surface area contributed by atoms with E-state index < -0.39 is 5.60 Å². The zero-order chi connectivity index (χ0) is 13.0. The van der Waals surface area contributed by atoms with Gasteiger partial charge in [0.05, 0.1) is 12.2 Å². The molecule has 0 aromatic heterocycles. The van der Waals surface area contributed by atoms with Crippen LogP contribution in [-0.2, 0) is 5.60 Å². The summed E-state index contributed by atoms with van der Waals surface area (Å²) >= 11 is 0. The molecule has 2 unspecified atom stereocenters. The molecule has 0 saturated heterocycles. The summed E-state index contributed by atoms with van der Waals surface area (Å²) in [6, 6.07) is 7.96. The minimum absolute atomic E-state index is 0.655. The molecule has 2 atom stereocenters. The lowest BCUT2D eigenvalue weighted by atomic mass is 9.86. The highest BCUT2D eigenvalue weighted by atomic mass is 16.5. The quantitative estimate of drug-likeness (QED) is 0.823. The van der Waals surface area contributed by atoms with Crippen LogP contribution in [-0.4, -0.2) is 11.7 Å². The van der Waals surface area contributed by atoms with Gasteiger partial charge in [-0.15, -0.1) is 0 Å². The SMILES string of the molecule is CCOc1cccc(C2(O)CCCC(C)CC2)c1. The van der Waals surface area contributed by atoms with Crippen LogP contribution >= 0.6 is 0 Å². The highest BCUT2D eigenvalue weighted by Crippen LogP contribution is 2.38. The van der Waals surface area contributed by atoms with Crippen molar-refractivity contribution in [1.82, 2.24) is 0 Å². The van der Waals surface area contributed by atoms with Crippen LogP contribution in [0.15, 0.2) is 24.3 Å². The number of hydrogen-bond donors (Lipinski definition) is 1. The third-order valence-electron chi connectivity index (χ3n) is 4.02. The molecular weight excluding hydrogens is 224 g/mol. The van der Waals surface area contributed by atoms with Crippen molar-refractivity contribution in [3.63, 3.8) is 0 Å². The number of aliphatic hydroxyl groups is 1. The maximum atomic E-state index is 10.9. The second-order valence-electron chi connectivity index (χ2n) is 5.53. The van der Waals surface area contributed by atoms with Gasteiger partial charge in [0.25, 0.3) is 0 Å². The maximum Gasteiger partial charge on any atom is 0.119 e. The number of hydrogen-bond acceptors (Lipinski definition) is 2. The Morgan fingerprint density at radius 1 is 1.33 bits per heavy atom. The molecule has 2 nitrogen and oxygen atoms in total. The topological polar surface area (TPSA) is 29.5 Å². The van der Waals surface area contributed by atoms with Gasteiger partial charge in [0.15, 0.2) is 0 Å². The highest BCUT2D eigenvalue weighted by molar-refractivity contribution is 5.32. The van der Waals surface area contributed by atoms with E-state index in [4.69, 9.17) is 4.74 Å². The van der Waals surface area contributed by atoms with Gasteiger partial charge in [0, 0.05) is 0 Å². The molecular formula is C16H24O2. The summed E-state index contributed by atoms with van der Waals surface area (Å²) in [7, 11) is 0. The van der Waals surface area contributed by atoms with Crippen LogP contribution in [0.4, 0.5) is 0 Å². The fraction of sp³-hybridized carbons (Fsp3) is 0.625. The van der Waals surface area contributed by atoms with Crippen LogP contribution in [0.5, 0.6) is 5.75 Å². The van der Waals surface area contributed by atoms with Gasteiger partial charge in [0.1, 0.15) is 5.75 Å². The second kappa shape index (κ2) is 5.75. The van der Waals surface area contributed by atoms with E-state index in [0.717, 1.165) is 42.9 Å². The Labute approximate surface area is 110 Å². The highest BCUT2D eigenvalue weighted by Gasteiger charge is 2.31. The molecule has 1 fully saturated rings. The number of rotatable bonds is 3. The molecule has 1 aromatic rings. The summed E-state index contributed by atoms with van der Waals surface area (Å²) in [5.74, 6) is 1.59.